The lowest BCUT2D eigenvalue weighted by atomic mass is 9.96. The van der Waals surface area contributed by atoms with Crippen LogP contribution in [-0.2, 0) is 14.3 Å². The average Bonchev–Trinajstić information content (AvgIpc) is 2.74. The first kappa shape index (κ1) is 32.1. The molecule has 0 unspecified atom stereocenters. The Kier molecular flexibility index (Phi) is 24.4. The fourth-order valence-electron chi connectivity index (χ4n) is 3.03. The second kappa shape index (κ2) is 23.6. The fourth-order valence-corrected chi connectivity index (χ4v) is 3.03. The summed E-state index contributed by atoms with van der Waals surface area (Å²) in [6.07, 6.45) is 19.3. The van der Waals surface area contributed by atoms with Gasteiger partial charge in [-0.25, -0.2) is 0 Å². The largest absolute Gasteiger partial charge is 0.481 e. The Morgan fingerprint density at radius 2 is 1.06 bits per heavy atom. The van der Waals surface area contributed by atoms with E-state index in [1.807, 2.05) is 13.8 Å². The summed E-state index contributed by atoms with van der Waals surface area (Å²) in [5.41, 5.74) is -0.382. The molecule has 0 amide bonds. The van der Waals surface area contributed by atoms with Gasteiger partial charge in [0.2, 0.25) is 0 Å². The molecule has 31 heavy (non-hydrogen) atoms. The smallest absolute Gasteiger partial charge is 0.305 e. The van der Waals surface area contributed by atoms with Crippen molar-refractivity contribution in [2.45, 2.75) is 137 Å². The molecule has 0 bridgehead atoms. The van der Waals surface area contributed by atoms with Crippen molar-refractivity contribution in [3.8, 4) is 0 Å². The normalized spacial score (nSPS) is 11.0. The number of aliphatic hydroxyl groups excluding tert-OH is 1. The van der Waals surface area contributed by atoms with Crippen molar-refractivity contribution in [3.63, 3.8) is 0 Å². The first-order chi connectivity index (χ1) is 14.8. The average molecular weight is 445 g/mol. The minimum atomic E-state index is -0.755. The van der Waals surface area contributed by atoms with Crippen LogP contribution < -0.4 is 0 Å². The highest BCUT2D eigenvalue weighted by molar-refractivity contribution is 5.69. The van der Waals surface area contributed by atoms with E-state index in [4.69, 9.17) is 14.9 Å². The maximum atomic E-state index is 11.4. The molecule has 0 spiro atoms. The van der Waals surface area contributed by atoms with Crippen LogP contribution in [0.1, 0.15) is 137 Å². The molecule has 0 rings (SSSR count). The molecular weight excluding hydrogens is 392 g/mol. The second-order valence-electron chi connectivity index (χ2n) is 9.47. The number of esters is 1. The van der Waals surface area contributed by atoms with Gasteiger partial charge in [0.15, 0.2) is 0 Å². The van der Waals surface area contributed by atoms with Crippen LogP contribution >= 0.6 is 0 Å². The van der Waals surface area contributed by atoms with E-state index in [1.165, 1.54) is 64.2 Å². The van der Waals surface area contributed by atoms with Crippen LogP contribution in [0.3, 0.4) is 0 Å². The van der Waals surface area contributed by atoms with Gasteiger partial charge >= 0.3 is 11.9 Å². The van der Waals surface area contributed by atoms with Crippen LogP contribution in [0.5, 0.6) is 0 Å². The van der Waals surface area contributed by atoms with E-state index in [1.54, 1.807) is 0 Å². The lowest BCUT2D eigenvalue weighted by molar-refractivity contribution is -0.147. The summed E-state index contributed by atoms with van der Waals surface area (Å²) in [5.74, 6) is -0.984. The number of carboxylic acid groups (broad SMARTS) is 1. The van der Waals surface area contributed by atoms with Gasteiger partial charge in [0.05, 0.1) is 13.2 Å². The van der Waals surface area contributed by atoms with E-state index in [0.717, 1.165) is 25.7 Å². The number of carbonyl (C=O) groups excluding carboxylic acids is 1. The van der Waals surface area contributed by atoms with Gasteiger partial charge in [-0.2, -0.15) is 0 Å². The quantitative estimate of drug-likeness (QED) is 0.152. The third-order valence-electron chi connectivity index (χ3n) is 5.28. The van der Waals surface area contributed by atoms with Gasteiger partial charge in [-0.1, -0.05) is 111 Å². The lowest BCUT2D eigenvalue weighted by Crippen LogP contribution is -2.25. The number of unbranched alkanes of at least 4 members (excludes halogenated alkanes) is 13. The number of ether oxygens (including phenoxy) is 1. The van der Waals surface area contributed by atoms with Gasteiger partial charge in [-0.05, 0) is 12.8 Å². The summed E-state index contributed by atoms with van der Waals surface area (Å²) in [5, 5.41) is 17.5. The van der Waals surface area contributed by atoms with Crippen molar-refractivity contribution in [2.24, 2.45) is 5.41 Å². The minimum Gasteiger partial charge on any atom is -0.481 e. The van der Waals surface area contributed by atoms with E-state index in [2.05, 4.69) is 13.8 Å². The fraction of sp³-hybridized carbons (Fsp3) is 0.923. The van der Waals surface area contributed by atoms with Crippen molar-refractivity contribution < 1.29 is 24.5 Å². The Bertz CT molecular complexity index is 397. The Morgan fingerprint density at radius 3 is 1.45 bits per heavy atom. The van der Waals surface area contributed by atoms with Gasteiger partial charge in [0, 0.05) is 18.3 Å². The summed E-state index contributed by atoms with van der Waals surface area (Å²) < 4.78 is 5.08. The number of aliphatic hydroxyl groups is 1. The Balaban J connectivity index is 0. The van der Waals surface area contributed by atoms with Crippen LogP contribution in [0, 0.1) is 5.41 Å². The SMILES string of the molecule is CC(C)(CO)COC(=O)CCCCCCCC(=O)O.CCCCCCCCCCCC. The van der Waals surface area contributed by atoms with Crippen LogP contribution in [-0.4, -0.2) is 35.4 Å². The van der Waals surface area contributed by atoms with E-state index in [0.29, 0.717) is 12.8 Å². The highest BCUT2D eigenvalue weighted by atomic mass is 16.5. The van der Waals surface area contributed by atoms with E-state index in [9.17, 15) is 9.59 Å². The first-order valence-electron chi connectivity index (χ1n) is 12.8. The summed E-state index contributed by atoms with van der Waals surface area (Å²) >= 11 is 0. The molecule has 0 radical (unpaired) electrons. The summed E-state index contributed by atoms with van der Waals surface area (Å²) in [7, 11) is 0. The molecule has 0 aromatic carbocycles. The van der Waals surface area contributed by atoms with Gasteiger partial charge in [0.1, 0.15) is 0 Å². The molecule has 0 fully saturated rings. The van der Waals surface area contributed by atoms with Gasteiger partial charge < -0.3 is 14.9 Å². The number of hydrogen-bond acceptors (Lipinski definition) is 4. The Morgan fingerprint density at radius 1 is 0.677 bits per heavy atom. The number of aliphatic carboxylic acids is 1. The maximum Gasteiger partial charge on any atom is 0.305 e. The van der Waals surface area contributed by atoms with Crippen LogP contribution in [0.4, 0.5) is 0 Å². The molecule has 0 aliphatic rings. The van der Waals surface area contributed by atoms with Gasteiger partial charge in [0.25, 0.3) is 0 Å². The van der Waals surface area contributed by atoms with E-state index >= 15 is 0 Å². The third-order valence-corrected chi connectivity index (χ3v) is 5.28. The Hall–Kier alpha value is -1.10. The number of hydrogen-bond donors (Lipinski definition) is 2. The Labute approximate surface area is 192 Å². The highest BCUT2D eigenvalue weighted by Gasteiger charge is 2.18. The van der Waals surface area contributed by atoms with Crippen molar-refractivity contribution >= 4 is 11.9 Å². The monoisotopic (exact) mass is 444 g/mol. The molecule has 0 saturated heterocycles. The zero-order valence-electron chi connectivity index (χ0n) is 21.1. The molecule has 0 aliphatic carbocycles. The predicted octanol–water partition coefficient (Wildman–Crippen LogP) is 7.29. The van der Waals surface area contributed by atoms with E-state index in [-0.39, 0.29) is 31.0 Å². The van der Waals surface area contributed by atoms with Gasteiger partial charge in [-0.3, -0.25) is 9.59 Å². The standard InChI is InChI=1S/C14H26O5.C12H26/c1-14(2,10-15)11-19-13(18)9-7-5-3-4-6-8-12(16)17;1-3-5-7-9-11-12-10-8-6-4-2/h15H,3-11H2,1-2H3,(H,16,17);3-12H2,1-2H3. The topological polar surface area (TPSA) is 83.8 Å². The predicted molar refractivity (Wildman–Crippen MR) is 129 cm³/mol. The molecule has 5 nitrogen and oxygen atoms in total. The number of carbonyl (C=O) groups is 2. The van der Waals surface area contributed by atoms with Crippen LogP contribution in [0.15, 0.2) is 0 Å². The van der Waals surface area contributed by atoms with Crippen molar-refractivity contribution in [2.75, 3.05) is 13.2 Å². The highest BCUT2D eigenvalue weighted by Crippen LogP contribution is 2.15. The molecular formula is C26H52O5. The summed E-state index contributed by atoms with van der Waals surface area (Å²) in [4.78, 5) is 21.7. The molecule has 2 N–H and O–H groups in total. The molecule has 5 heteroatoms. The molecule has 0 atom stereocenters. The van der Waals surface area contributed by atoms with Crippen molar-refractivity contribution in [1.82, 2.24) is 0 Å². The zero-order valence-corrected chi connectivity index (χ0v) is 21.1. The first-order valence-corrected chi connectivity index (χ1v) is 12.8. The zero-order chi connectivity index (χ0) is 23.8. The van der Waals surface area contributed by atoms with Crippen LogP contribution in [0.25, 0.3) is 0 Å². The summed E-state index contributed by atoms with van der Waals surface area (Å²) in [6.45, 7) is 8.46. The lowest BCUT2D eigenvalue weighted by Gasteiger charge is -2.20. The molecule has 0 aliphatic heterocycles. The van der Waals surface area contributed by atoms with E-state index < -0.39 is 5.97 Å². The van der Waals surface area contributed by atoms with Gasteiger partial charge in [-0.15, -0.1) is 0 Å². The third kappa shape index (κ3) is 28.9. The minimum absolute atomic E-state index is 0.0101. The second-order valence-corrected chi connectivity index (χ2v) is 9.47. The van der Waals surface area contributed by atoms with Crippen molar-refractivity contribution in [3.05, 3.63) is 0 Å². The molecule has 0 saturated carbocycles. The maximum absolute atomic E-state index is 11.4. The number of carboxylic acids is 1. The number of rotatable bonds is 20. The van der Waals surface area contributed by atoms with Crippen molar-refractivity contribution in [1.29, 1.82) is 0 Å². The van der Waals surface area contributed by atoms with Crippen LogP contribution in [0.2, 0.25) is 0 Å². The summed E-state index contributed by atoms with van der Waals surface area (Å²) in [6, 6.07) is 0. The molecule has 0 heterocycles. The molecule has 186 valence electrons. The molecule has 0 aromatic rings. The molecule has 0 aromatic heterocycles.